The van der Waals surface area contributed by atoms with E-state index >= 15 is 0 Å². The van der Waals surface area contributed by atoms with Crippen molar-refractivity contribution < 1.29 is 9.90 Å². The fourth-order valence-corrected chi connectivity index (χ4v) is 2.70. The van der Waals surface area contributed by atoms with Crippen LogP contribution in [0.5, 0.6) is 0 Å². The van der Waals surface area contributed by atoms with E-state index in [0.29, 0.717) is 5.56 Å². The number of benzene rings is 1. The Hall–Kier alpha value is -2.09. The van der Waals surface area contributed by atoms with Gasteiger partial charge in [0.2, 0.25) is 0 Å². The number of aliphatic hydroxyl groups is 1. The number of nitrogens with one attached hydrogen (secondary N) is 1. The van der Waals surface area contributed by atoms with Crippen LogP contribution in [-0.4, -0.2) is 17.6 Å². The monoisotopic (exact) mass is 299 g/mol. The first-order valence-electron chi connectivity index (χ1n) is 6.66. The Bertz CT molecular complexity index is 681. The summed E-state index contributed by atoms with van der Waals surface area (Å²) in [6.45, 7) is 3.71. The Morgan fingerprint density at radius 2 is 2.24 bits per heavy atom. The molecule has 108 valence electrons. The highest BCUT2D eigenvalue weighted by Gasteiger charge is 2.12. The van der Waals surface area contributed by atoms with E-state index in [1.54, 1.807) is 17.4 Å². The van der Waals surface area contributed by atoms with Crippen molar-refractivity contribution in [2.45, 2.75) is 19.9 Å². The van der Waals surface area contributed by atoms with E-state index in [1.807, 2.05) is 43.5 Å². The zero-order valence-corrected chi connectivity index (χ0v) is 12.8. The van der Waals surface area contributed by atoms with Crippen LogP contribution in [0.1, 0.15) is 39.3 Å². The minimum absolute atomic E-state index is 0.00772. The topological polar surface area (TPSA) is 49.3 Å². The molecule has 0 saturated carbocycles. The second-order valence-corrected chi connectivity index (χ2v) is 5.68. The first-order valence-corrected chi connectivity index (χ1v) is 7.54. The van der Waals surface area contributed by atoms with E-state index in [4.69, 9.17) is 5.11 Å². The molecular formula is C17H17NO2S. The van der Waals surface area contributed by atoms with Crippen LogP contribution in [0.25, 0.3) is 0 Å². The van der Waals surface area contributed by atoms with Gasteiger partial charge in [0.1, 0.15) is 6.61 Å². The van der Waals surface area contributed by atoms with Gasteiger partial charge in [0.25, 0.3) is 5.91 Å². The maximum absolute atomic E-state index is 12.2. The molecule has 2 rings (SSSR count). The molecule has 1 atom stereocenters. The highest BCUT2D eigenvalue weighted by molar-refractivity contribution is 7.10. The maximum atomic E-state index is 12.2. The highest BCUT2D eigenvalue weighted by Crippen LogP contribution is 2.19. The minimum atomic E-state index is -0.167. The molecule has 2 aromatic rings. The Kier molecular flexibility index (Phi) is 5.15. The van der Waals surface area contributed by atoms with Crippen molar-refractivity contribution >= 4 is 17.2 Å². The van der Waals surface area contributed by atoms with Gasteiger partial charge < -0.3 is 10.4 Å². The number of hydrogen-bond acceptors (Lipinski definition) is 3. The summed E-state index contributed by atoms with van der Waals surface area (Å²) in [5, 5.41) is 13.7. The smallest absolute Gasteiger partial charge is 0.251 e. The summed E-state index contributed by atoms with van der Waals surface area (Å²) in [4.78, 5) is 13.4. The standard InChI is InChI=1S/C17H17NO2S/c1-12-11-15(8-7-14(12)5-3-9-19)17(20)18-13(2)16-6-4-10-21-16/h4,6-8,10-11,13,19H,9H2,1-2H3,(H,18,20). The molecule has 0 spiro atoms. The Balaban J connectivity index is 2.11. The van der Waals surface area contributed by atoms with Crippen molar-refractivity contribution in [3.8, 4) is 11.8 Å². The molecule has 4 heteroatoms. The third-order valence-corrected chi connectivity index (χ3v) is 4.16. The van der Waals surface area contributed by atoms with Crippen LogP contribution >= 0.6 is 11.3 Å². The van der Waals surface area contributed by atoms with Crippen LogP contribution in [0.4, 0.5) is 0 Å². The Morgan fingerprint density at radius 1 is 1.43 bits per heavy atom. The van der Waals surface area contributed by atoms with Crippen LogP contribution in [0.2, 0.25) is 0 Å². The number of aliphatic hydroxyl groups excluding tert-OH is 1. The summed E-state index contributed by atoms with van der Waals surface area (Å²) in [6.07, 6.45) is 0. The van der Waals surface area contributed by atoms with Crippen molar-refractivity contribution in [3.63, 3.8) is 0 Å². The lowest BCUT2D eigenvalue weighted by Gasteiger charge is -2.12. The normalized spacial score (nSPS) is 11.4. The Morgan fingerprint density at radius 3 is 2.86 bits per heavy atom. The van der Waals surface area contributed by atoms with Gasteiger partial charge in [-0.2, -0.15) is 0 Å². The molecule has 2 N–H and O–H groups in total. The van der Waals surface area contributed by atoms with Crippen molar-refractivity contribution in [1.29, 1.82) is 0 Å². The fraction of sp³-hybridized carbons (Fsp3) is 0.235. The van der Waals surface area contributed by atoms with Gasteiger partial charge in [0, 0.05) is 16.0 Å². The highest BCUT2D eigenvalue weighted by atomic mass is 32.1. The molecule has 21 heavy (non-hydrogen) atoms. The van der Waals surface area contributed by atoms with Gasteiger partial charge >= 0.3 is 0 Å². The summed E-state index contributed by atoms with van der Waals surface area (Å²) in [7, 11) is 0. The number of carbonyl (C=O) groups excluding carboxylic acids is 1. The van der Waals surface area contributed by atoms with Gasteiger partial charge in [-0.25, -0.2) is 0 Å². The van der Waals surface area contributed by atoms with Gasteiger partial charge in [0.15, 0.2) is 0 Å². The van der Waals surface area contributed by atoms with E-state index in [1.165, 1.54) is 0 Å². The summed E-state index contributed by atoms with van der Waals surface area (Å²) < 4.78 is 0. The number of rotatable bonds is 3. The van der Waals surface area contributed by atoms with E-state index in [0.717, 1.165) is 16.0 Å². The van der Waals surface area contributed by atoms with Crippen LogP contribution < -0.4 is 5.32 Å². The molecule has 1 aromatic carbocycles. The lowest BCUT2D eigenvalue weighted by molar-refractivity contribution is 0.0940. The molecule has 3 nitrogen and oxygen atoms in total. The first-order chi connectivity index (χ1) is 10.1. The molecule has 0 saturated heterocycles. The van der Waals surface area contributed by atoms with Crippen molar-refractivity contribution in [1.82, 2.24) is 5.32 Å². The van der Waals surface area contributed by atoms with Crippen LogP contribution in [0.15, 0.2) is 35.7 Å². The molecule has 0 radical (unpaired) electrons. The molecule has 0 aliphatic heterocycles. The molecule has 1 amide bonds. The SMILES string of the molecule is Cc1cc(C(=O)NC(C)c2cccs2)ccc1C#CCO. The van der Waals surface area contributed by atoms with Crippen molar-refractivity contribution in [3.05, 3.63) is 57.3 Å². The van der Waals surface area contributed by atoms with Crippen molar-refractivity contribution in [2.75, 3.05) is 6.61 Å². The van der Waals surface area contributed by atoms with E-state index in [-0.39, 0.29) is 18.6 Å². The second-order valence-electron chi connectivity index (χ2n) is 4.70. The van der Waals surface area contributed by atoms with Crippen LogP contribution in [0.3, 0.4) is 0 Å². The molecule has 1 heterocycles. The number of thiophene rings is 1. The molecule has 0 fully saturated rings. The summed E-state index contributed by atoms with van der Waals surface area (Å²) in [5.41, 5.74) is 2.37. The van der Waals surface area contributed by atoms with Gasteiger partial charge in [-0.3, -0.25) is 4.79 Å². The predicted octanol–water partition coefficient (Wildman–Crippen LogP) is 2.89. The second kappa shape index (κ2) is 7.07. The average molecular weight is 299 g/mol. The Labute approximate surface area is 128 Å². The molecule has 0 aliphatic rings. The van der Waals surface area contributed by atoms with Gasteiger partial charge in [-0.15, -0.1) is 11.3 Å². The number of carbonyl (C=O) groups is 1. The number of hydrogen-bond donors (Lipinski definition) is 2. The largest absolute Gasteiger partial charge is 0.384 e. The third-order valence-electron chi connectivity index (χ3n) is 3.11. The molecular weight excluding hydrogens is 282 g/mol. The minimum Gasteiger partial charge on any atom is -0.384 e. The average Bonchev–Trinajstić information content (AvgIpc) is 3.00. The van der Waals surface area contributed by atoms with E-state index in [2.05, 4.69) is 17.2 Å². The van der Waals surface area contributed by atoms with Crippen molar-refractivity contribution in [2.24, 2.45) is 0 Å². The fourth-order valence-electron chi connectivity index (χ4n) is 1.97. The lowest BCUT2D eigenvalue weighted by Crippen LogP contribution is -2.26. The maximum Gasteiger partial charge on any atom is 0.251 e. The number of aryl methyl sites for hydroxylation is 1. The number of amides is 1. The van der Waals surface area contributed by atoms with Crippen LogP contribution in [-0.2, 0) is 0 Å². The van der Waals surface area contributed by atoms with Gasteiger partial charge in [-0.1, -0.05) is 17.9 Å². The predicted molar refractivity (Wildman–Crippen MR) is 85.3 cm³/mol. The van der Waals surface area contributed by atoms with E-state index < -0.39 is 0 Å². The molecule has 1 aromatic heterocycles. The zero-order chi connectivity index (χ0) is 15.2. The quantitative estimate of drug-likeness (QED) is 0.856. The van der Waals surface area contributed by atoms with E-state index in [9.17, 15) is 4.79 Å². The lowest BCUT2D eigenvalue weighted by atomic mass is 10.0. The molecule has 1 unspecified atom stereocenters. The molecule has 0 bridgehead atoms. The molecule has 0 aliphatic carbocycles. The summed E-state index contributed by atoms with van der Waals surface area (Å²) in [5.74, 6) is 5.38. The summed E-state index contributed by atoms with van der Waals surface area (Å²) >= 11 is 1.63. The van der Waals surface area contributed by atoms with Gasteiger partial charge in [0.05, 0.1) is 6.04 Å². The zero-order valence-electron chi connectivity index (χ0n) is 12.0. The first kappa shape index (κ1) is 15.3. The third kappa shape index (κ3) is 3.94. The van der Waals surface area contributed by atoms with Crippen LogP contribution in [0, 0.1) is 18.8 Å². The van der Waals surface area contributed by atoms with Gasteiger partial charge in [-0.05, 0) is 49.1 Å². The summed E-state index contributed by atoms with van der Waals surface area (Å²) in [6, 6.07) is 9.35.